The van der Waals surface area contributed by atoms with Crippen LogP contribution in [0.1, 0.15) is 31.2 Å². The molecule has 3 rings (SSSR count). The van der Waals surface area contributed by atoms with E-state index in [9.17, 15) is 5.26 Å². The van der Waals surface area contributed by atoms with E-state index < -0.39 is 0 Å². The van der Waals surface area contributed by atoms with E-state index in [-0.39, 0.29) is 5.54 Å². The molecule has 0 radical (unpaired) electrons. The van der Waals surface area contributed by atoms with Crippen LogP contribution in [0.25, 0.3) is 0 Å². The first-order valence-electron chi connectivity index (χ1n) is 6.48. The van der Waals surface area contributed by atoms with Crippen molar-refractivity contribution in [2.24, 2.45) is 11.8 Å². The Morgan fingerprint density at radius 2 is 2.18 bits per heavy atom. The van der Waals surface area contributed by atoms with E-state index in [1.165, 1.54) is 24.8 Å². The normalized spacial score (nSPS) is 34.6. The van der Waals surface area contributed by atoms with Gasteiger partial charge in [-0.25, -0.2) is 0 Å². The van der Waals surface area contributed by atoms with Gasteiger partial charge in [-0.15, -0.1) is 0 Å². The van der Waals surface area contributed by atoms with E-state index in [1.54, 1.807) is 0 Å². The molecule has 0 aliphatic heterocycles. The summed E-state index contributed by atoms with van der Waals surface area (Å²) in [5, 5.41) is 13.1. The molecule has 2 saturated carbocycles. The van der Waals surface area contributed by atoms with Crippen LogP contribution in [0.15, 0.2) is 24.3 Å². The lowest BCUT2D eigenvalue weighted by Crippen LogP contribution is -2.42. The Balaban J connectivity index is 1.89. The summed E-state index contributed by atoms with van der Waals surface area (Å²) >= 11 is 0. The van der Waals surface area contributed by atoms with Crippen LogP contribution in [0.3, 0.4) is 0 Å². The second kappa shape index (κ2) is 3.77. The average molecular weight is 226 g/mol. The average Bonchev–Trinajstić information content (AvgIpc) is 2.93. The van der Waals surface area contributed by atoms with Gasteiger partial charge in [0.2, 0.25) is 0 Å². The van der Waals surface area contributed by atoms with Gasteiger partial charge in [0.1, 0.15) is 5.54 Å². The maximum Gasteiger partial charge on any atom is 0.128 e. The molecule has 3 atom stereocenters. The number of anilines is 1. The lowest BCUT2D eigenvalue weighted by molar-refractivity contribution is 0.368. The fraction of sp³-hybridized carbons (Fsp3) is 0.533. The first-order valence-corrected chi connectivity index (χ1v) is 6.48. The van der Waals surface area contributed by atoms with Crippen LogP contribution < -0.4 is 5.32 Å². The molecule has 3 unspecified atom stereocenters. The highest BCUT2D eigenvalue weighted by Crippen LogP contribution is 2.51. The molecule has 1 N–H and O–H groups in total. The van der Waals surface area contributed by atoms with Gasteiger partial charge in [-0.1, -0.05) is 18.2 Å². The first kappa shape index (κ1) is 10.7. The molecule has 17 heavy (non-hydrogen) atoms. The van der Waals surface area contributed by atoms with E-state index in [2.05, 4.69) is 30.4 Å². The Morgan fingerprint density at radius 1 is 1.35 bits per heavy atom. The van der Waals surface area contributed by atoms with Crippen LogP contribution in [0.2, 0.25) is 0 Å². The van der Waals surface area contributed by atoms with Crippen LogP contribution in [-0.2, 0) is 0 Å². The standard InChI is InChI=1S/C15H18N2/c1-11-4-2-3-5-14(11)17-15(10-16)9-12-6-7-13(15)8-12/h2-5,12-13,17H,6-9H2,1H3. The lowest BCUT2D eigenvalue weighted by atomic mass is 9.82. The van der Waals surface area contributed by atoms with Gasteiger partial charge in [-0.2, -0.15) is 5.26 Å². The van der Waals surface area contributed by atoms with Crippen molar-refractivity contribution in [3.05, 3.63) is 29.8 Å². The van der Waals surface area contributed by atoms with Crippen molar-refractivity contribution in [1.29, 1.82) is 5.26 Å². The zero-order chi connectivity index (χ0) is 11.9. The van der Waals surface area contributed by atoms with Crippen molar-refractivity contribution in [2.75, 3.05) is 5.32 Å². The van der Waals surface area contributed by atoms with Gasteiger partial charge in [0.05, 0.1) is 6.07 Å². The highest BCUT2D eigenvalue weighted by molar-refractivity contribution is 5.54. The second-order valence-electron chi connectivity index (χ2n) is 5.60. The quantitative estimate of drug-likeness (QED) is 0.838. The zero-order valence-electron chi connectivity index (χ0n) is 10.2. The topological polar surface area (TPSA) is 35.8 Å². The second-order valence-corrected chi connectivity index (χ2v) is 5.60. The largest absolute Gasteiger partial charge is 0.367 e. The summed E-state index contributed by atoms with van der Waals surface area (Å²) in [6.07, 6.45) is 4.82. The molecule has 0 aromatic heterocycles. The molecule has 2 aliphatic carbocycles. The third-order valence-electron chi connectivity index (χ3n) is 4.55. The number of hydrogen-bond acceptors (Lipinski definition) is 2. The van der Waals surface area contributed by atoms with Crippen LogP contribution in [0.5, 0.6) is 0 Å². The van der Waals surface area contributed by atoms with Crippen LogP contribution in [0.4, 0.5) is 5.69 Å². The molecular formula is C15H18N2. The van der Waals surface area contributed by atoms with Crippen molar-refractivity contribution >= 4 is 5.69 Å². The first-order chi connectivity index (χ1) is 8.23. The number of nitrogens with one attached hydrogen (secondary N) is 1. The minimum Gasteiger partial charge on any atom is -0.367 e. The van der Waals surface area contributed by atoms with Crippen LogP contribution in [-0.4, -0.2) is 5.54 Å². The van der Waals surface area contributed by atoms with E-state index in [0.29, 0.717) is 5.92 Å². The van der Waals surface area contributed by atoms with Gasteiger partial charge < -0.3 is 5.32 Å². The molecule has 0 saturated heterocycles. The Bertz CT molecular complexity index is 474. The van der Waals surface area contributed by atoms with Gasteiger partial charge in [0.25, 0.3) is 0 Å². The number of rotatable bonds is 2. The van der Waals surface area contributed by atoms with E-state index in [1.807, 2.05) is 12.1 Å². The van der Waals surface area contributed by atoms with Gasteiger partial charge in [0, 0.05) is 5.69 Å². The summed E-state index contributed by atoms with van der Waals surface area (Å²) in [5.41, 5.74) is 2.06. The molecule has 2 aliphatic rings. The van der Waals surface area contributed by atoms with Gasteiger partial charge in [0.15, 0.2) is 0 Å². The van der Waals surface area contributed by atoms with Gasteiger partial charge in [-0.05, 0) is 56.1 Å². The summed E-state index contributed by atoms with van der Waals surface area (Å²) in [4.78, 5) is 0. The number of para-hydroxylation sites is 1. The fourth-order valence-corrected chi connectivity index (χ4v) is 3.60. The molecule has 2 nitrogen and oxygen atoms in total. The third-order valence-corrected chi connectivity index (χ3v) is 4.55. The summed E-state index contributed by atoms with van der Waals surface area (Å²) in [5.74, 6) is 1.33. The monoisotopic (exact) mass is 226 g/mol. The highest BCUT2D eigenvalue weighted by atomic mass is 15.0. The molecule has 1 aromatic rings. The maximum absolute atomic E-state index is 9.58. The predicted molar refractivity (Wildman–Crippen MR) is 68.6 cm³/mol. The van der Waals surface area contributed by atoms with Crippen LogP contribution in [0, 0.1) is 30.1 Å². The fourth-order valence-electron chi connectivity index (χ4n) is 3.60. The van der Waals surface area contributed by atoms with Crippen molar-refractivity contribution in [1.82, 2.24) is 0 Å². The molecule has 2 fully saturated rings. The Labute approximate surface area is 103 Å². The van der Waals surface area contributed by atoms with Crippen molar-refractivity contribution < 1.29 is 0 Å². The van der Waals surface area contributed by atoms with E-state index in [4.69, 9.17) is 0 Å². The number of aryl methyl sites for hydroxylation is 1. The Hall–Kier alpha value is -1.49. The van der Waals surface area contributed by atoms with E-state index >= 15 is 0 Å². The summed E-state index contributed by atoms with van der Waals surface area (Å²) in [6.45, 7) is 2.10. The molecule has 2 bridgehead atoms. The van der Waals surface area contributed by atoms with Gasteiger partial charge >= 0.3 is 0 Å². The lowest BCUT2D eigenvalue weighted by Gasteiger charge is -2.33. The Morgan fingerprint density at radius 3 is 2.76 bits per heavy atom. The molecule has 0 amide bonds. The minimum absolute atomic E-state index is 0.297. The SMILES string of the molecule is Cc1ccccc1NC1(C#N)CC2CCC1C2. The summed E-state index contributed by atoms with van der Waals surface area (Å²) in [7, 11) is 0. The minimum atomic E-state index is -0.297. The third kappa shape index (κ3) is 1.61. The predicted octanol–water partition coefficient (Wildman–Crippen LogP) is 3.49. The Kier molecular flexibility index (Phi) is 2.36. The summed E-state index contributed by atoms with van der Waals surface area (Å²) < 4.78 is 0. The number of benzene rings is 1. The van der Waals surface area contributed by atoms with E-state index in [0.717, 1.165) is 18.0 Å². The highest BCUT2D eigenvalue weighted by Gasteiger charge is 2.51. The smallest absolute Gasteiger partial charge is 0.128 e. The molecular weight excluding hydrogens is 208 g/mol. The van der Waals surface area contributed by atoms with Crippen molar-refractivity contribution in [3.8, 4) is 6.07 Å². The molecule has 0 spiro atoms. The number of nitriles is 1. The molecule has 0 heterocycles. The molecule has 88 valence electrons. The number of hydrogen-bond donors (Lipinski definition) is 1. The van der Waals surface area contributed by atoms with Crippen molar-refractivity contribution in [3.63, 3.8) is 0 Å². The zero-order valence-corrected chi connectivity index (χ0v) is 10.2. The molecule has 1 aromatic carbocycles. The van der Waals surface area contributed by atoms with Crippen molar-refractivity contribution in [2.45, 2.75) is 38.1 Å². The molecule has 2 heteroatoms. The van der Waals surface area contributed by atoms with Gasteiger partial charge in [-0.3, -0.25) is 0 Å². The summed E-state index contributed by atoms with van der Waals surface area (Å²) in [6, 6.07) is 10.8. The number of fused-ring (bicyclic) bond motifs is 2. The van der Waals surface area contributed by atoms with Crippen LogP contribution >= 0.6 is 0 Å². The number of nitrogens with zero attached hydrogens (tertiary/aromatic N) is 1. The maximum atomic E-state index is 9.58.